The van der Waals surface area contributed by atoms with Gasteiger partial charge in [-0.05, 0) is 32.6 Å². The van der Waals surface area contributed by atoms with E-state index in [-0.39, 0.29) is 18.2 Å². The summed E-state index contributed by atoms with van der Waals surface area (Å²) >= 11 is 0. The lowest BCUT2D eigenvalue weighted by Crippen LogP contribution is -2.53. The maximum Gasteiger partial charge on any atom is 0.317 e. The first-order valence-electron chi connectivity index (χ1n) is 7.02. The van der Waals surface area contributed by atoms with Crippen molar-refractivity contribution in [2.24, 2.45) is 5.92 Å². The molecule has 1 atom stereocenters. The van der Waals surface area contributed by atoms with Crippen molar-refractivity contribution >= 4 is 6.03 Å². The van der Waals surface area contributed by atoms with Gasteiger partial charge in [0.15, 0.2) is 0 Å². The molecule has 1 saturated heterocycles. The van der Waals surface area contributed by atoms with Gasteiger partial charge in [-0.15, -0.1) is 0 Å². The van der Waals surface area contributed by atoms with Crippen LogP contribution in [0, 0.1) is 5.92 Å². The highest BCUT2D eigenvalue weighted by atomic mass is 16.3. The highest BCUT2D eigenvalue weighted by Crippen LogP contribution is 2.32. The minimum atomic E-state index is -0.166. The Hall–Kier alpha value is -0.810. The normalized spacial score (nSPS) is 23.2. The van der Waals surface area contributed by atoms with E-state index in [9.17, 15) is 9.90 Å². The molecule has 0 aromatic heterocycles. The van der Waals surface area contributed by atoms with Crippen LogP contribution in [0.25, 0.3) is 0 Å². The van der Waals surface area contributed by atoms with Crippen molar-refractivity contribution in [1.29, 1.82) is 0 Å². The van der Waals surface area contributed by atoms with E-state index in [2.05, 4.69) is 10.2 Å². The molecular formula is C13H25N3O2. The summed E-state index contributed by atoms with van der Waals surface area (Å²) in [6.07, 6.45) is 2.19. The number of nitrogens with zero attached hydrogens (tertiary/aromatic N) is 2. The Kier molecular flexibility index (Phi) is 4.45. The summed E-state index contributed by atoms with van der Waals surface area (Å²) in [4.78, 5) is 15.9. The van der Waals surface area contributed by atoms with Gasteiger partial charge in [0.05, 0.1) is 6.10 Å². The van der Waals surface area contributed by atoms with Gasteiger partial charge >= 0.3 is 6.03 Å². The maximum absolute atomic E-state index is 11.8. The smallest absolute Gasteiger partial charge is 0.317 e. The number of hydrogen-bond acceptors (Lipinski definition) is 3. The summed E-state index contributed by atoms with van der Waals surface area (Å²) in [5, 5.41) is 12.8. The van der Waals surface area contributed by atoms with Gasteiger partial charge in [-0.2, -0.15) is 0 Å². The molecule has 2 rings (SSSR count). The van der Waals surface area contributed by atoms with Crippen LogP contribution in [0.4, 0.5) is 4.79 Å². The average Bonchev–Trinajstić information content (AvgIpc) is 3.12. The number of carbonyl (C=O) groups excluding carboxylic acids is 1. The molecule has 1 aliphatic carbocycles. The third kappa shape index (κ3) is 3.85. The number of aliphatic hydroxyl groups excluding tert-OH is 1. The number of nitrogens with one attached hydrogen (secondary N) is 1. The summed E-state index contributed by atoms with van der Waals surface area (Å²) in [6, 6.07) is 0.222. The standard InChI is InChI=1S/C13H25N3O2/c1-10(2)14-13(18)16-7-5-15(6-8-16)9-12(17)11-3-4-11/h10-12,17H,3-9H2,1-2H3,(H,14,18)/t12-/m0/s1. The van der Waals surface area contributed by atoms with Crippen LogP contribution in [-0.4, -0.2) is 65.8 Å². The second-order valence-electron chi connectivity index (χ2n) is 5.80. The molecular weight excluding hydrogens is 230 g/mol. The molecule has 1 aliphatic heterocycles. The van der Waals surface area contributed by atoms with Crippen LogP contribution in [-0.2, 0) is 0 Å². The van der Waals surface area contributed by atoms with Crippen LogP contribution in [0.2, 0.25) is 0 Å². The van der Waals surface area contributed by atoms with Crippen molar-refractivity contribution in [3.63, 3.8) is 0 Å². The van der Waals surface area contributed by atoms with Crippen LogP contribution in [0.15, 0.2) is 0 Å². The summed E-state index contributed by atoms with van der Waals surface area (Å²) in [6.45, 7) is 7.97. The van der Waals surface area contributed by atoms with E-state index >= 15 is 0 Å². The lowest BCUT2D eigenvalue weighted by Gasteiger charge is -2.36. The molecule has 0 aromatic carbocycles. The Morgan fingerprint density at radius 3 is 2.39 bits per heavy atom. The van der Waals surface area contributed by atoms with Gasteiger partial charge < -0.3 is 15.3 Å². The molecule has 0 unspecified atom stereocenters. The lowest BCUT2D eigenvalue weighted by atomic mass is 10.2. The minimum absolute atomic E-state index is 0.0346. The molecule has 18 heavy (non-hydrogen) atoms. The Balaban J connectivity index is 1.68. The molecule has 1 heterocycles. The van der Waals surface area contributed by atoms with Crippen molar-refractivity contribution in [2.75, 3.05) is 32.7 Å². The van der Waals surface area contributed by atoms with Crippen molar-refractivity contribution in [3.8, 4) is 0 Å². The van der Waals surface area contributed by atoms with Gasteiger partial charge in [-0.3, -0.25) is 4.90 Å². The first-order chi connectivity index (χ1) is 8.56. The van der Waals surface area contributed by atoms with Crippen LogP contribution >= 0.6 is 0 Å². The van der Waals surface area contributed by atoms with E-state index in [0.717, 1.165) is 32.7 Å². The number of aliphatic hydroxyl groups is 1. The number of hydrogen-bond donors (Lipinski definition) is 2. The number of β-amino-alcohol motifs (C(OH)–C–C–N with tert-alkyl or cyclic N) is 1. The maximum atomic E-state index is 11.8. The molecule has 0 spiro atoms. The van der Waals surface area contributed by atoms with Gasteiger partial charge in [-0.25, -0.2) is 4.79 Å². The molecule has 104 valence electrons. The highest BCUT2D eigenvalue weighted by Gasteiger charge is 2.32. The first kappa shape index (κ1) is 13.6. The Morgan fingerprint density at radius 1 is 1.28 bits per heavy atom. The number of urea groups is 1. The second kappa shape index (κ2) is 5.89. The Bertz CT molecular complexity index is 284. The third-order valence-corrected chi connectivity index (χ3v) is 3.68. The Morgan fingerprint density at radius 2 is 1.89 bits per heavy atom. The number of carbonyl (C=O) groups is 1. The topological polar surface area (TPSA) is 55.8 Å². The van der Waals surface area contributed by atoms with E-state index in [1.165, 1.54) is 12.8 Å². The molecule has 2 N–H and O–H groups in total. The molecule has 2 amide bonds. The van der Waals surface area contributed by atoms with Crippen LogP contribution < -0.4 is 5.32 Å². The zero-order valence-corrected chi connectivity index (χ0v) is 11.4. The quantitative estimate of drug-likeness (QED) is 0.769. The lowest BCUT2D eigenvalue weighted by molar-refractivity contribution is 0.0694. The fourth-order valence-electron chi connectivity index (χ4n) is 2.37. The fourth-order valence-corrected chi connectivity index (χ4v) is 2.37. The summed E-state index contributed by atoms with van der Waals surface area (Å²) < 4.78 is 0. The number of piperazine rings is 1. The van der Waals surface area contributed by atoms with Crippen LogP contribution in [0.5, 0.6) is 0 Å². The van der Waals surface area contributed by atoms with Gasteiger partial charge in [0.2, 0.25) is 0 Å². The third-order valence-electron chi connectivity index (χ3n) is 3.68. The first-order valence-corrected chi connectivity index (χ1v) is 7.02. The van der Waals surface area contributed by atoms with E-state index in [4.69, 9.17) is 0 Å². The van der Waals surface area contributed by atoms with E-state index in [0.29, 0.717) is 5.92 Å². The molecule has 5 heteroatoms. The highest BCUT2D eigenvalue weighted by molar-refractivity contribution is 5.74. The number of rotatable bonds is 4. The summed E-state index contributed by atoms with van der Waals surface area (Å²) in [7, 11) is 0. The Labute approximate surface area is 109 Å². The van der Waals surface area contributed by atoms with Gasteiger partial charge in [0.25, 0.3) is 0 Å². The minimum Gasteiger partial charge on any atom is -0.392 e. The van der Waals surface area contributed by atoms with Crippen LogP contribution in [0.1, 0.15) is 26.7 Å². The molecule has 0 aromatic rings. The van der Waals surface area contributed by atoms with Crippen LogP contribution in [0.3, 0.4) is 0 Å². The predicted molar refractivity (Wildman–Crippen MR) is 70.4 cm³/mol. The van der Waals surface area contributed by atoms with E-state index in [1.807, 2.05) is 18.7 Å². The average molecular weight is 255 g/mol. The SMILES string of the molecule is CC(C)NC(=O)N1CCN(C[C@H](O)C2CC2)CC1. The van der Waals surface area contributed by atoms with E-state index < -0.39 is 0 Å². The van der Waals surface area contributed by atoms with Gasteiger partial charge in [0, 0.05) is 38.8 Å². The van der Waals surface area contributed by atoms with Gasteiger partial charge in [-0.1, -0.05) is 0 Å². The fraction of sp³-hybridized carbons (Fsp3) is 0.923. The molecule has 0 radical (unpaired) electrons. The summed E-state index contributed by atoms with van der Waals surface area (Å²) in [5.74, 6) is 0.535. The van der Waals surface area contributed by atoms with Gasteiger partial charge in [0.1, 0.15) is 0 Å². The molecule has 2 fully saturated rings. The van der Waals surface area contributed by atoms with Crippen molar-refractivity contribution in [2.45, 2.75) is 38.8 Å². The molecule has 0 bridgehead atoms. The van der Waals surface area contributed by atoms with Crippen molar-refractivity contribution < 1.29 is 9.90 Å². The van der Waals surface area contributed by atoms with E-state index in [1.54, 1.807) is 0 Å². The second-order valence-corrected chi connectivity index (χ2v) is 5.80. The molecule has 2 aliphatic rings. The zero-order valence-electron chi connectivity index (χ0n) is 11.4. The predicted octanol–water partition coefficient (Wildman–Crippen LogP) is 0.493. The molecule has 5 nitrogen and oxygen atoms in total. The number of amides is 2. The van der Waals surface area contributed by atoms with Crippen molar-refractivity contribution in [1.82, 2.24) is 15.1 Å². The largest absolute Gasteiger partial charge is 0.392 e. The monoisotopic (exact) mass is 255 g/mol. The molecule has 1 saturated carbocycles. The summed E-state index contributed by atoms with van der Waals surface area (Å²) in [5.41, 5.74) is 0. The zero-order chi connectivity index (χ0) is 13.1. The van der Waals surface area contributed by atoms with Crippen molar-refractivity contribution in [3.05, 3.63) is 0 Å².